The fourth-order valence-corrected chi connectivity index (χ4v) is 4.22. The Morgan fingerprint density at radius 1 is 1.14 bits per heavy atom. The molecule has 0 aliphatic rings. The van der Waals surface area contributed by atoms with Crippen molar-refractivity contribution in [3.8, 4) is 11.3 Å². The number of benzene rings is 2. The van der Waals surface area contributed by atoms with Gasteiger partial charge in [-0.2, -0.15) is 0 Å². The smallest absolute Gasteiger partial charge is 0.220 e. The fourth-order valence-electron chi connectivity index (χ4n) is 4.22. The molecule has 0 saturated heterocycles. The number of rotatable bonds is 9. The van der Waals surface area contributed by atoms with Crippen molar-refractivity contribution in [1.82, 2.24) is 14.5 Å². The Bertz CT molecular complexity index is 1140. The molecule has 8 heteroatoms. The van der Waals surface area contributed by atoms with Crippen LogP contribution in [0.4, 0.5) is 13.2 Å². The van der Waals surface area contributed by atoms with Gasteiger partial charge in [-0.25, -0.2) is 18.2 Å². The number of nitrogens with two attached hydrogens (primary N) is 1. The van der Waals surface area contributed by atoms with Crippen LogP contribution in [0.25, 0.3) is 11.3 Å². The van der Waals surface area contributed by atoms with E-state index >= 15 is 0 Å². The summed E-state index contributed by atoms with van der Waals surface area (Å²) >= 11 is 0. The minimum atomic E-state index is -0.683. The van der Waals surface area contributed by atoms with Crippen LogP contribution in [0.2, 0.25) is 0 Å². The van der Waals surface area contributed by atoms with Gasteiger partial charge in [0.1, 0.15) is 24.1 Å². The first-order chi connectivity index (χ1) is 16.5. The lowest BCUT2D eigenvalue weighted by Crippen LogP contribution is -2.43. The summed E-state index contributed by atoms with van der Waals surface area (Å²) in [5.41, 5.74) is 6.61. The van der Waals surface area contributed by atoms with Gasteiger partial charge in [0.2, 0.25) is 5.91 Å². The minimum absolute atomic E-state index is 0.0412. The lowest BCUT2D eigenvalue weighted by molar-refractivity contribution is -0.134. The maximum absolute atomic E-state index is 14.7. The molecule has 0 radical (unpaired) electrons. The van der Waals surface area contributed by atoms with Gasteiger partial charge in [-0.15, -0.1) is 0 Å². The van der Waals surface area contributed by atoms with Crippen molar-refractivity contribution >= 4 is 5.91 Å². The summed E-state index contributed by atoms with van der Waals surface area (Å²) in [4.78, 5) is 19.2. The number of hydrogen-bond acceptors (Lipinski definition) is 3. The van der Waals surface area contributed by atoms with Crippen LogP contribution in [-0.2, 0) is 11.3 Å². The predicted octanol–water partition coefficient (Wildman–Crippen LogP) is 5.50. The molecule has 1 unspecified atom stereocenters. The second-order valence-electron chi connectivity index (χ2n) is 9.91. The second-order valence-corrected chi connectivity index (χ2v) is 9.91. The zero-order valence-corrected chi connectivity index (χ0v) is 20.6. The molecule has 0 spiro atoms. The van der Waals surface area contributed by atoms with Crippen molar-refractivity contribution in [3.63, 3.8) is 0 Å². The van der Waals surface area contributed by atoms with Crippen molar-refractivity contribution < 1.29 is 18.0 Å². The van der Waals surface area contributed by atoms with Crippen LogP contribution in [-0.4, -0.2) is 39.6 Å². The topological polar surface area (TPSA) is 64.2 Å². The fraction of sp³-hybridized carbons (Fsp3) is 0.407. The minimum Gasteiger partial charge on any atom is -0.332 e. The number of nitrogens with zero attached hydrogens (tertiary/aromatic N) is 3. The summed E-state index contributed by atoms with van der Waals surface area (Å²) in [6.45, 7) is 7.37. The molecule has 5 nitrogen and oxygen atoms in total. The van der Waals surface area contributed by atoms with Gasteiger partial charge in [0.25, 0.3) is 0 Å². The molecular formula is C27H33F3N4O. The van der Waals surface area contributed by atoms with E-state index in [1.807, 2.05) is 55.7 Å². The predicted molar refractivity (Wildman–Crippen MR) is 131 cm³/mol. The Kier molecular flexibility index (Phi) is 8.38. The first-order valence-electron chi connectivity index (χ1n) is 11.7. The van der Waals surface area contributed by atoms with Crippen LogP contribution >= 0.6 is 0 Å². The number of alkyl halides is 1. The Morgan fingerprint density at radius 3 is 2.43 bits per heavy atom. The maximum Gasteiger partial charge on any atom is 0.220 e. The van der Waals surface area contributed by atoms with Crippen LogP contribution in [0.3, 0.4) is 0 Å². The molecule has 3 rings (SSSR count). The van der Waals surface area contributed by atoms with Gasteiger partial charge >= 0.3 is 0 Å². The van der Waals surface area contributed by atoms with Crippen molar-refractivity contribution in [3.05, 3.63) is 77.8 Å². The third-order valence-electron chi connectivity index (χ3n) is 5.93. The van der Waals surface area contributed by atoms with E-state index in [2.05, 4.69) is 0 Å². The molecule has 188 valence electrons. The molecule has 0 bridgehead atoms. The van der Waals surface area contributed by atoms with Gasteiger partial charge < -0.3 is 15.2 Å². The molecule has 0 saturated carbocycles. The largest absolute Gasteiger partial charge is 0.332 e. The van der Waals surface area contributed by atoms with E-state index in [1.165, 1.54) is 6.92 Å². The summed E-state index contributed by atoms with van der Waals surface area (Å²) in [7, 11) is 0. The zero-order chi connectivity index (χ0) is 25.8. The highest BCUT2D eigenvalue weighted by Crippen LogP contribution is 2.39. The Hall–Kier alpha value is -3.13. The normalized spacial score (nSPS) is 13.5. The van der Waals surface area contributed by atoms with Crippen LogP contribution in [0.1, 0.15) is 51.5 Å². The van der Waals surface area contributed by atoms with Crippen molar-refractivity contribution in [2.45, 2.75) is 52.7 Å². The number of imidazole rings is 1. The number of carbonyl (C=O) groups excluding carboxylic acids is 1. The SMILES string of the molecule is CC(=O)N(CC[C@H](N)CF)C(c1nc(-c2cc(F)ccc2F)cn1Cc1ccccc1)C(C)(C)C. The van der Waals surface area contributed by atoms with Crippen LogP contribution in [0, 0.1) is 17.0 Å². The molecule has 0 fully saturated rings. The van der Waals surface area contributed by atoms with Crippen LogP contribution in [0.5, 0.6) is 0 Å². The summed E-state index contributed by atoms with van der Waals surface area (Å²) in [5, 5.41) is 0. The van der Waals surface area contributed by atoms with E-state index in [9.17, 15) is 18.0 Å². The quantitative estimate of drug-likeness (QED) is 0.434. The molecule has 1 heterocycles. The summed E-state index contributed by atoms with van der Waals surface area (Å²) in [6.07, 6.45) is 1.97. The zero-order valence-electron chi connectivity index (χ0n) is 20.6. The molecular weight excluding hydrogens is 453 g/mol. The number of amides is 1. The molecule has 1 aromatic heterocycles. The van der Waals surface area contributed by atoms with Crippen molar-refractivity contribution in [1.29, 1.82) is 0 Å². The number of halogens is 3. The molecule has 3 aromatic rings. The van der Waals surface area contributed by atoms with E-state index in [1.54, 1.807) is 11.1 Å². The third kappa shape index (κ3) is 6.51. The molecule has 35 heavy (non-hydrogen) atoms. The molecule has 2 N–H and O–H groups in total. The lowest BCUT2D eigenvalue weighted by Gasteiger charge is -2.40. The lowest BCUT2D eigenvalue weighted by atomic mass is 9.84. The molecule has 0 aliphatic heterocycles. The summed E-state index contributed by atoms with van der Waals surface area (Å²) < 4.78 is 43.6. The van der Waals surface area contributed by atoms with E-state index in [0.29, 0.717) is 12.4 Å². The Balaban J connectivity index is 2.17. The first kappa shape index (κ1) is 26.5. The van der Waals surface area contributed by atoms with E-state index < -0.39 is 35.8 Å². The van der Waals surface area contributed by atoms with Gasteiger partial charge in [0.15, 0.2) is 0 Å². The maximum atomic E-state index is 14.7. The van der Waals surface area contributed by atoms with Gasteiger partial charge in [0.05, 0.1) is 11.7 Å². The van der Waals surface area contributed by atoms with E-state index in [4.69, 9.17) is 10.7 Å². The van der Waals surface area contributed by atoms with Crippen LogP contribution < -0.4 is 5.73 Å². The van der Waals surface area contributed by atoms with E-state index in [0.717, 1.165) is 23.8 Å². The molecule has 2 aromatic carbocycles. The van der Waals surface area contributed by atoms with Gasteiger partial charge in [0, 0.05) is 37.8 Å². The summed E-state index contributed by atoms with van der Waals surface area (Å²) in [6, 6.07) is 11.7. The number of aromatic nitrogens is 2. The average molecular weight is 487 g/mol. The van der Waals surface area contributed by atoms with Gasteiger partial charge in [-0.1, -0.05) is 51.1 Å². The highest BCUT2D eigenvalue weighted by Gasteiger charge is 2.37. The first-order valence-corrected chi connectivity index (χ1v) is 11.7. The second kappa shape index (κ2) is 11.1. The van der Waals surface area contributed by atoms with Crippen LogP contribution in [0.15, 0.2) is 54.7 Å². The Labute approximate surface area is 204 Å². The van der Waals surface area contributed by atoms with Crippen molar-refractivity contribution in [2.75, 3.05) is 13.2 Å². The van der Waals surface area contributed by atoms with E-state index in [-0.39, 0.29) is 30.1 Å². The number of carbonyl (C=O) groups is 1. The highest BCUT2D eigenvalue weighted by atomic mass is 19.1. The molecule has 0 aliphatic carbocycles. The van der Waals surface area contributed by atoms with Gasteiger partial charge in [-0.05, 0) is 35.6 Å². The third-order valence-corrected chi connectivity index (χ3v) is 5.93. The number of hydrogen-bond donors (Lipinski definition) is 1. The highest BCUT2D eigenvalue weighted by molar-refractivity contribution is 5.74. The molecule has 1 amide bonds. The van der Waals surface area contributed by atoms with Gasteiger partial charge in [-0.3, -0.25) is 4.79 Å². The standard InChI is InChI=1S/C27H33F3N4O/c1-18(35)34(13-12-21(31)15-28)25(27(2,3)4)26-32-24(22-14-20(29)10-11-23(22)30)17-33(26)16-19-8-6-5-7-9-19/h5-11,14,17,21,25H,12-13,15-16,31H2,1-4H3/t21-,25?/m0/s1. The summed E-state index contributed by atoms with van der Waals surface area (Å²) in [5.74, 6) is -0.835. The Morgan fingerprint density at radius 2 is 1.83 bits per heavy atom. The monoisotopic (exact) mass is 486 g/mol. The van der Waals surface area contributed by atoms with Crippen molar-refractivity contribution in [2.24, 2.45) is 11.1 Å². The average Bonchev–Trinajstić information content (AvgIpc) is 3.20. The molecule has 2 atom stereocenters.